The van der Waals surface area contributed by atoms with Gasteiger partial charge in [0.1, 0.15) is 5.82 Å². The lowest BCUT2D eigenvalue weighted by Gasteiger charge is -2.04. The van der Waals surface area contributed by atoms with Crippen LogP contribution in [0.5, 0.6) is 0 Å². The van der Waals surface area contributed by atoms with Crippen molar-refractivity contribution in [1.29, 1.82) is 0 Å². The van der Waals surface area contributed by atoms with Crippen molar-refractivity contribution in [2.24, 2.45) is 0 Å². The Morgan fingerprint density at radius 2 is 1.88 bits per heavy atom. The zero-order valence-electron chi connectivity index (χ0n) is 10.8. The van der Waals surface area contributed by atoms with Crippen molar-refractivity contribution < 1.29 is 4.74 Å². The zero-order valence-corrected chi connectivity index (χ0v) is 10.8. The molecule has 0 saturated carbocycles. The first-order valence-corrected chi connectivity index (χ1v) is 6.62. The van der Waals surface area contributed by atoms with Gasteiger partial charge in [-0.1, -0.05) is 45.1 Å². The molecule has 3 nitrogen and oxygen atoms in total. The Bertz CT molecular complexity index is 302. The average molecular weight is 236 g/mol. The number of hydrogen-bond donors (Lipinski definition) is 1. The molecule has 1 heterocycles. The summed E-state index contributed by atoms with van der Waals surface area (Å²) < 4.78 is 5.56. The molecule has 0 aliphatic carbocycles. The number of pyridine rings is 1. The van der Waals surface area contributed by atoms with Crippen molar-refractivity contribution in [1.82, 2.24) is 4.98 Å². The number of nitrogens with zero attached hydrogens (tertiary/aromatic N) is 1. The van der Waals surface area contributed by atoms with Gasteiger partial charge >= 0.3 is 0 Å². The van der Waals surface area contributed by atoms with Crippen LogP contribution in [-0.4, -0.2) is 11.6 Å². The minimum atomic E-state index is 0.561. The second-order valence-electron chi connectivity index (χ2n) is 4.37. The van der Waals surface area contributed by atoms with Gasteiger partial charge in [-0.05, 0) is 18.6 Å². The molecule has 2 N–H and O–H groups in total. The van der Waals surface area contributed by atoms with Crippen LogP contribution in [0.25, 0.3) is 0 Å². The molecule has 1 aromatic heterocycles. The van der Waals surface area contributed by atoms with E-state index >= 15 is 0 Å². The number of rotatable bonds is 9. The lowest BCUT2D eigenvalue weighted by Crippen LogP contribution is -1.99. The van der Waals surface area contributed by atoms with Gasteiger partial charge in [0.2, 0.25) is 0 Å². The molecule has 0 radical (unpaired) electrons. The molecule has 0 aliphatic heterocycles. The molecule has 0 saturated heterocycles. The molecule has 17 heavy (non-hydrogen) atoms. The van der Waals surface area contributed by atoms with Crippen LogP contribution in [0.3, 0.4) is 0 Å². The number of anilines is 1. The molecular formula is C14H24N2O. The first-order valence-electron chi connectivity index (χ1n) is 6.62. The Kier molecular flexibility index (Phi) is 7.39. The van der Waals surface area contributed by atoms with E-state index in [9.17, 15) is 0 Å². The first-order chi connectivity index (χ1) is 8.33. The van der Waals surface area contributed by atoms with Crippen molar-refractivity contribution in [2.45, 2.75) is 52.1 Å². The summed E-state index contributed by atoms with van der Waals surface area (Å²) in [6, 6.07) is 5.64. The Morgan fingerprint density at radius 1 is 1.12 bits per heavy atom. The molecule has 0 fully saturated rings. The summed E-state index contributed by atoms with van der Waals surface area (Å²) in [6.45, 7) is 3.63. The van der Waals surface area contributed by atoms with Gasteiger partial charge in [0, 0.05) is 6.61 Å². The molecular weight excluding hydrogens is 212 g/mol. The number of nitrogen functional groups attached to an aromatic ring is 1. The van der Waals surface area contributed by atoms with Gasteiger partial charge in [-0.3, -0.25) is 0 Å². The smallest absolute Gasteiger partial charge is 0.123 e. The van der Waals surface area contributed by atoms with Crippen LogP contribution in [0.15, 0.2) is 18.2 Å². The van der Waals surface area contributed by atoms with E-state index < -0.39 is 0 Å². The zero-order chi connectivity index (χ0) is 12.3. The summed E-state index contributed by atoms with van der Waals surface area (Å²) in [6.07, 6.45) is 7.75. The predicted molar refractivity (Wildman–Crippen MR) is 71.7 cm³/mol. The van der Waals surface area contributed by atoms with Gasteiger partial charge in [0.25, 0.3) is 0 Å². The van der Waals surface area contributed by atoms with E-state index in [1.807, 2.05) is 12.1 Å². The normalized spacial score (nSPS) is 10.6. The monoisotopic (exact) mass is 236 g/mol. The summed E-state index contributed by atoms with van der Waals surface area (Å²) >= 11 is 0. The fourth-order valence-electron chi connectivity index (χ4n) is 1.74. The summed E-state index contributed by atoms with van der Waals surface area (Å²) in [5.41, 5.74) is 6.50. The van der Waals surface area contributed by atoms with E-state index in [0.29, 0.717) is 12.4 Å². The molecule has 0 atom stereocenters. The highest BCUT2D eigenvalue weighted by molar-refractivity contribution is 5.28. The SMILES string of the molecule is CCCCCCCCOCc1cccc(N)n1. The van der Waals surface area contributed by atoms with Crippen molar-refractivity contribution in [3.05, 3.63) is 23.9 Å². The highest BCUT2D eigenvalue weighted by atomic mass is 16.5. The standard InChI is InChI=1S/C14H24N2O/c1-2-3-4-5-6-7-11-17-12-13-9-8-10-14(15)16-13/h8-10H,2-7,11-12H2,1H3,(H2,15,16). The maximum Gasteiger partial charge on any atom is 0.123 e. The number of hydrogen-bond acceptors (Lipinski definition) is 3. The average Bonchev–Trinajstić information content (AvgIpc) is 2.33. The number of nitrogens with two attached hydrogens (primary N) is 1. The predicted octanol–water partition coefficient (Wildman–Crippen LogP) is 3.54. The molecule has 0 unspecified atom stereocenters. The lowest BCUT2D eigenvalue weighted by atomic mass is 10.1. The van der Waals surface area contributed by atoms with Crippen molar-refractivity contribution in [3.8, 4) is 0 Å². The minimum Gasteiger partial charge on any atom is -0.384 e. The van der Waals surface area contributed by atoms with Crippen molar-refractivity contribution in [3.63, 3.8) is 0 Å². The second kappa shape index (κ2) is 8.99. The molecule has 3 heteroatoms. The van der Waals surface area contributed by atoms with E-state index in [1.165, 1.54) is 32.1 Å². The highest BCUT2D eigenvalue weighted by Gasteiger charge is 1.95. The van der Waals surface area contributed by atoms with Crippen molar-refractivity contribution >= 4 is 5.82 Å². The number of unbranched alkanes of at least 4 members (excludes halogenated alkanes) is 5. The quantitative estimate of drug-likeness (QED) is 0.667. The third kappa shape index (κ3) is 6.95. The van der Waals surface area contributed by atoms with Crippen LogP contribution >= 0.6 is 0 Å². The van der Waals surface area contributed by atoms with E-state index in [-0.39, 0.29) is 0 Å². The van der Waals surface area contributed by atoms with Gasteiger partial charge < -0.3 is 10.5 Å². The summed E-state index contributed by atoms with van der Waals surface area (Å²) in [7, 11) is 0. The highest BCUT2D eigenvalue weighted by Crippen LogP contribution is 2.06. The molecule has 0 aromatic carbocycles. The minimum absolute atomic E-state index is 0.561. The fourth-order valence-corrected chi connectivity index (χ4v) is 1.74. The maximum atomic E-state index is 5.59. The maximum absolute atomic E-state index is 5.59. The number of aromatic nitrogens is 1. The fraction of sp³-hybridized carbons (Fsp3) is 0.643. The first kappa shape index (κ1) is 14.0. The van der Waals surface area contributed by atoms with Crippen LogP contribution in [0.1, 0.15) is 51.1 Å². The van der Waals surface area contributed by atoms with Gasteiger partial charge in [-0.25, -0.2) is 4.98 Å². The van der Waals surface area contributed by atoms with Crippen LogP contribution in [0.2, 0.25) is 0 Å². The Hall–Kier alpha value is -1.09. The molecule has 0 spiro atoms. The molecule has 0 aliphatic rings. The number of ether oxygens (including phenoxy) is 1. The van der Waals surface area contributed by atoms with Crippen molar-refractivity contribution in [2.75, 3.05) is 12.3 Å². The van der Waals surface area contributed by atoms with Crippen LogP contribution in [0.4, 0.5) is 5.82 Å². The van der Waals surface area contributed by atoms with E-state index in [4.69, 9.17) is 10.5 Å². The van der Waals surface area contributed by atoms with Gasteiger partial charge in [-0.2, -0.15) is 0 Å². The Balaban J connectivity index is 1.97. The third-order valence-electron chi connectivity index (χ3n) is 2.72. The molecule has 1 aromatic rings. The largest absolute Gasteiger partial charge is 0.384 e. The summed E-state index contributed by atoms with van der Waals surface area (Å²) in [5, 5.41) is 0. The molecule has 0 amide bonds. The summed E-state index contributed by atoms with van der Waals surface area (Å²) in [4.78, 5) is 4.18. The van der Waals surface area contributed by atoms with Crippen LogP contribution < -0.4 is 5.73 Å². The Morgan fingerprint density at radius 3 is 2.65 bits per heavy atom. The van der Waals surface area contributed by atoms with Gasteiger partial charge in [-0.15, -0.1) is 0 Å². The third-order valence-corrected chi connectivity index (χ3v) is 2.72. The van der Waals surface area contributed by atoms with Gasteiger partial charge in [0.05, 0.1) is 12.3 Å². The lowest BCUT2D eigenvalue weighted by molar-refractivity contribution is 0.114. The van der Waals surface area contributed by atoms with E-state index in [1.54, 1.807) is 6.07 Å². The van der Waals surface area contributed by atoms with Crippen LogP contribution in [0, 0.1) is 0 Å². The molecule has 1 rings (SSSR count). The molecule has 96 valence electrons. The van der Waals surface area contributed by atoms with Gasteiger partial charge in [0.15, 0.2) is 0 Å². The Labute approximate surface area is 104 Å². The molecule has 0 bridgehead atoms. The second-order valence-corrected chi connectivity index (χ2v) is 4.37. The van der Waals surface area contributed by atoms with E-state index in [2.05, 4.69) is 11.9 Å². The topological polar surface area (TPSA) is 48.1 Å². The summed E-state index contributed by atoms with van der Waals surface area (Å²) in [5.74, 6) is 0.561. The van der Waals surface area contributed by atoms with E-state index in [0.717, 1.165) is 18.7 Å². The van der Waals surface area contributed by atoms with Crippen LogP contribution in [-0.2, 0) is 11.3 Å².